The summed E-state index contributed by atoms with van der Waals surface area (Å²) in [5.41, 5.74) is 0.937. The summed E-state index contributed by atoms with van der Waals surface area (Å²) >= 11 is 0. The van der Waals surface area contributed by atoms with Crippen LogP contribution in [0.1, 0.15) is 25.8 Å². The Bertz CT molecular complexity index is 618. The number of hydrogen-bond donors (Lipinski definition) is 0. The highest BCUT2D eigenvalue weighted by Crippen LogP contribution is 2.33. The lowest BCUT2D eigenvalue weighted by atomic mass is 10.1. The highest BCUT2D eigenvalue weighted by Gasteiger charge is 2.18. The molecule has 1 aromatic carbocycles. The van der Waals surface area contributed by atoms with Crippen LogP contribution in [-0.4, -0.2) is 32.4 Å². The molecular formula is C17H20O6. The standard InChI is InChI=1S/C17H20O6/c1-11(2)9-21-16(18)8-13(17(19)20-3)6-12-4-5-14-15(7-12)23-10-22-14/h4-7,11H,8-10H2,1-3H3. The van der Waals surface area contributed by atoms with Gasteiger partial charge in [0.25, 0.3) is 0 Å². The molecule has 0 spiro atoms. The third-order valence-electron chi connectivity index (χ3n) is 3.10. The number of fused-ring (bicyclic) bond motifs is 1. The molecular weight excluding hydrogens is 300 g/mol. The van der Waals surface area contributed by atoms with E-state index in [1.807, 2.05) is 13.8 Å². The summed E-state index contributed by atoms with van der Waals surface area (Å²) in [7, 11) is 1.27. The van der Waals surface area contributed by atoms with Crippen LogP contribution in [0.5, 0.6) is 11.5 Å². The van der Waals surface area contributed by atoms with Crippen molar-refractivity contribution in [2.45, 2.75) is 20.3 Å². The highest BCUT2D eigenvalue weighted by molar-refractivity contribution is 5.98. The number of methoxy groups -OCH3 is 1. The molecule has 0 saturated carbocycles. The van der Waals surface area contributed by atoms with Crippen molar-refractivity contribution in [2.75, 3.05) is 20.5 Å². The molecule has 6 heteroatoms. The van der Waals surface area contributed by atoms with Gasteiger partial charge in [0.1, 0.15) is 0 Å². The van der Waals surface area contributed by atoms with Gasteiger partial charge in [-0.3, -0.25) is 4.79 Å². The average Bonchev–Trinajstić information content (AvgIpc) is 2.99. The number of carbonyl (C=O) groups is 2. The van der Waals surface area contributed by atoms with Crippen LogP contribution in [0.4, 0.5) is 0 Å². The second-order valence-electron chi connectivity index (χ2n) is 5.53. The van der Waals surface area contributed by atoms with E-state index >= 15 is 0 Å². The predicted molar refractivity (Wildman–Crippen MR) is 83.0 cm³/mol. The second-order valence-corrected chi connectivity index (χ2v) is 5.53. The molecule has 0 fully saturated rings. The number of benzene rings is 1. The lowest BCUT2D eigenvalue weighted by Gasteiger charge is -2.09. The lowest BCUT2D eigenvalue weighted by Crippen LogP contribution is -2.14. The molecule has 0 aliphatic carbocycles. The quantitative estimate of drug-likeness (QED) is 0.592. The highest BCUT2D eigenvalue weighted by atomic mass is 16.7. The Morgan fingerprint density at radius 2 is 2.00 bits per heavy atom. The van der Waals surface area contributed by atoms with Crippen molar-refractivity contribution >= 4 is 18.0 Å². The van der Waals surface area contributed by atoms with Crippen LogP contribution in [-0.2, 0) is 19.1 Å². The fraction of sp³-hybridized carbons (Fsp3) is 0.412. The molecule has 2 rings (SSSR count). The Kier molecular flexibility index (Phi) is 5.62. The minimum atomic E-state index is -0.566. The summed E-state index contributed by atoms with van der Waals surface area (Å²) < 4.78 is 20.4. The Hall–Kier alpha value is -2.50. The SMILES string of the molecule is COC(=O)C(=Cc1ccc2c(c1)OCO2)CC(=O)OCC(C)C. The molecule has 0 atom stereocenters. The zero-order valence-corrected chi connectivity index (χ0v) is 13.5. The number of rotatable bonds is 6. The van der Waals surface area contributed by atoms with Gasteiger partial charge in [0, 0.05) is 5.57 Å². The summed E-state index contributed by atoms with van der Waals surface area (Å²) in [6, 6.07) is 5.26. The molecule has 0 unspecified atom stereocenters. The molecule has 0 N–H and O–H groups in total. The monoisotopic (exact) mass is 320 g/mol. The van der Waals surface area contributed by atoms with E-state index in [2.05, 4.69) is 0 Å². The first-order valence-corrected chi connectivity index (χ1v) is 7.33. The van der Waals surface area contributed by atoms with Crippen LogP contribution >= 0.6 is 0 Å². The summed E-state index contributed by atoms with van der Waals surface area (Å²) in [6.07, 6.45) is 1.44. The first kappa shape index (κ1) is 16.9. The van der Waals surface area contributed by atoms with Crippen molar-refractivity contribution in [2.24, 2.45) is 5.92 Å². The summed E-state index contributed by atoms with van der Waals surface area (Å²) in [5.74, 6) is 0.460. The third-order valence-corrected chi connectivity index (χ3v) is 3.10. The van der Waals surface area contributed by atoms with Crippen molar-refractivity contribution in [3.63, 3.8) is 0 Å². The smallest absolute Gasteiger partial charge is 0.334 e. The molecule has 0 saturated heterocycles. The average molecular weight is 320 g/mol. The van der Waals surface area contributed by atoms with Crippen molar-refractivity contribution in [1.82, 2.24) is 0 Å². The van der Waals surface area contributed by atoms with Crippen molar-refractivity contribution in [3.8, 4) is 11.5 Å². The summed E-state index contributed by atoms with van der Waals surface area (Å²) in [5, 5.41) is 0. The van der Waals surface area contributed by atoms with E-state index in [9.17, 15) is 9.59 Å². The minimum absolute atomic E-state index is 0.145. The fourth-order valence-electron chi connectivity index (χ4n) is 1.98. The van der Waals surface area contributed by atoms with Gasteiger partial charge < -0.3 is 18.9 Å². The largest absolute Gasteiger partial charge is 0.466 e. The Labute approximate surface area is 135 Å². The van der Waals surface area contributed by atoms with Crippen LogP contribution in [0.15, 0.2) is 23.8 Å². The first-order chi connectivity index (χ1) is 11.0. The van der Waals surface area contributed by atoms with E-state index in [-0.39, 0.29) is 24.7 Å². The van der Waals surface area contributed by atoms with Gasteiger partial charge in [-0.15, -0.1) is 0 Å². The van der Waals surface area contributed by atoms with E-state index in [4.69, 9.17) is 18.9 Å². The molecule has 0 amide bonds. The van der Waals surface area contributed by atoms with Gasteiger partial charge in [0.15, 0.2) is 11.5 Å². The molecule has 0 radical (unpaired) electrons. The molecule has 1 aliphatic rings. The first-order valence-electron chi connectivity index (χ1n) is 7.33. The van der Waals surface area contributed by atoms with Crippen molar-refractivity contribution in [1.29, 1.82) is 0 Å². The van der Waals surface area contributed by atoms with E-state index in [0.29, 0.717) is 23.7 Å². The maximum atomic E-state index is 11.9. The van der Waals surface area contributed by atoms with Gasteiger partial charge in [0.05, 0.1) is 20.1 Å². The molecule has 1 heterocycles. The van der Waals surface area contributed by atoms with E-state index in [1.54, 1.807) is 24.3 Å². The number of hydrogen-bond acceptors (Lipinski definition) is 6. The van der Waals surface area contributed by atoms with Gasteiger partial charge >= 0.3 is 11.9 Å². The van der Waals surface area contributed by atoms with Crippen molar-refractivity contribution in [3.05, 3.63) is 29.3 Å². The van der Waals surface area contributed by atoms with Crippen LogP contribution < -0.4 is 9.47 Å². The molecule has 1 aliphatic heterocycles. The van der Waals surface area contributed by atoms with Crippen LogP contribution in [0.3, 0.4) is 0 Å². The van der Waals surface area contributed by atoms with E-state index in [1.165, 1.54) is 7.11 Å². The minimum Gasteiger partial charge on any atom is -0.466 e. The second kappa shape index (κ2) is 7.67. The lowest BCUT2D eigenvalue weighted by molar-refractivity contribution is -0.146. The zero-order valence-electron chi connectivity index (χ0n) is 13.5. The van der Waals surface area contributed by atoms with Crippen LogP contribution in [0.2, 0.25) is 0 Å². The summed E-state index contributed by atoms with van der Waals surface area (Å²) in [6.45, 7) is 4.37. The van der Waals surface area contributed by atoms with Gasteiger partial charge in [-0.2, -0.15) is 0 Å². The molecule has 0 aromatic heterocycles. The Morgan fingerprint density at radius 1 is 1.26 bits per heavy atom. The Morgan fingerprint density at radius 3 is 2.70 bits per heavy atom. The normalized spacial score (nSPS) is 13.1. The van der Waals surface area contributed by atoms with E-state index in [0.717, 1.165) is 0 Å². The molecule has 0 bridgehead atoms. The van der Waals surface area contributed by atoms with E-state index < -0.39 is 11.9 Å². The molecule has 23 heavy (non-hydrogen) atoms. The van der Waals surface area contributed by atoms with Gasteiger partial charge in [0.2, 0.25) is 6.79 Å². The molecule has 124 valence electrons. The molecule has 6 nitrogen and oxygen atoms in total. The van der Waals surface area contributed by atoms with Crippen LogP contribution in [0.25, 0.3) is 6.08 Å². The summed E-state index contributed by atoms with van der Waals surface area (Å²) in [4.78, 5) is 23.7. The number of ether oxygens (including phenoxy) is 4. The fourth-order valence-corrected chi connectivity index (χ4v) is 1.98. The number of esters is 2. The number of carbonyl (C=O) groups excluding carboxylic acids is 2. The maximum absolute atomic E-state index is 11.9. The van der Waals surface area contributed by atoms with Gasteiger partial charge in [-0.25, -0.2) is 4.79 Å². The maximum Gasteiger partial charge on any atom is 0.334 e. The Balaban J connectivity index is 2.14. The predicted octanol–water partition coefficient (Wildman–Crippen LogP) is 2.56. The zero-order chi connectivity index (χ0) is 16.8. The van der Waals surface area contributed by atoms with Crippen molar-refractivity contribution < 1.29 is 28.5 Å². The van der Waals surface area contributed by atoms with Gasteiger partial charge in [-0.05, 0) is 29.7 Å². The third kappa shape index (κ3) is 4.74. The molecule has 1 aromatic rings. The van der Waals surface area contributed by atoms with Gasteiger partial charge in [-0.1, -0.05) is 19.9 Å². The topological polar surface area (TPSA) is 71.1 Å². The van der Waals surface area contributed by atoms with Crippen LogP contribution in [0, 0.1) is 5.92 Å².